The highest BCUT2D eigenvalue weighted by Gasteiger charge is 2.30. The minimum absolute atomic E-state index is 0.0179. The summed E-state index contributed by atoms with van der Waals surface area (Å²) in [6, 6.07) is 13.4. The molecule has 29 heavy (non-hydrogen) atoms. The van der Waals surface area contributed by atoms with E-state index in [2.05, 4.69) is 9.88 Å². The molecule has 1 amide bonds. The van der Waals surface area contributed by atoms with E-state index in [4.69, 9.17) is 16.0 Å². The zero-order chi connectivity index (χ0) is 20.2. The van der Waals surface area contributed by atoms with E-state index in [9.17, 15) is 9.18 Å². The highest BCUT2D eigenvalue weighted by Crippen LogP contribution is 2.27. The van der Waals surface area contributed by atoms with Crippen molar-refractivity contribution in [2.45, 2.75) is 19.4 Å². The number of anilines is 2. The molecule has 0 radical (unpaired) electrons. The van der Waals surface area contributed by atoms with Crippen LogP contribution >= 0.6 is 11.6 Å². The van der Waals surface area contributed by atoms with Gasteiger partial charge < -0.3 is 14.2 Å². The van der Waals surface area contributed by atoms with E-state index in [0.717, 1.165) is 18.9 Å². The number of hydrogen-bond donors (Lipinski definition) is 0. The number of nitrogens with zero attached hydrogens (tertiary/aromatic N) is 3. The van der Waals surface area contributed by atoms with Gasteiger partial charge in [-0.25, -0.2) is 9.37 Å². The fraction of sp³-hybridized carbons (Fsp3) is 0.273. The van der Waals surface area contributed by atoms with Crippen LogP contribution in [0.15, 0.2) is 65.4 Å². The molecule has 2 aromatic heterocycles. The van der Waals surface area contributed by atoms with Gasteiger partial charge in [0.25, 0.3) is 0 Å². The van der Waals surface area contributed by atoms with E-state index in [0.29, 0.717) is 29.3 Å². The molecule has 1 saturated heterocycles. The summed E-state index contributed by atoms with van der Waals surface area (Å²) < 4.78 is 19.2. The number of amides is 1. The molecule has 7 heteroatoms. The van der Waals surface area contributed by atoms with Gasteiger partial charge in [-0.2, -0.15) is 0 Å². The first-order chi connectivity index (χ1) is 14.1. The Labute approximate surface area is 173 Å². The van der Waals surface area contributed by atoms with Crippen molar-refractivity contribution in [3.8, 4) is 0 Å². The third-order valence-electron chi connectivity index (χ3n) is 5.16. The van der Waals surface area contributed by atoms with Gasteiger partial charge in [0.2, 0.25) is 5.91 Å². The van der Waals surface area contributed by atoms with Crippen molar-refractivity contribution in [2.24, 2.45) is 5.92 Å². The van der Waals surface area contributed by atoms with Crippen molar-refractivity contribution in [3.63, 3.8) is 0 Å². The molecule has 1 aliphatic rings. The van der Waals surface area contributed by atoms with E-state index in [1.807, 2.05) is 18.2 Å². The van der Waals surface area contributed by atoms with Gasteiger partial charge in [0.15, 0.2) is 0 Å². The lowest BCUT2D eigenvalue weighted by molar-refractivity contribution is -0.123. The number of hydrogen-bond acceptors (Lipinski definition) is 4. The number of piperidine rings is 1. The summed E-state index contributed by atoms with van der Waals surface area (Å²) in [5.41, 5.74) is 0.535. The minimum atomic E-state index is -0.372. The average molecular weight is 414 g/mol. The van der Waals surface area contributed by atoms with Gasteiger partial charge in [-0.1, -0.05) is 17.7 Å². The monoisotopic (exact) mass is 413 g/mol. The Morgan fingerprint density at radius 1 is 1.21 bits per heavy atom. The Morgan fingerprint density at radius 2 is 2.03 bits per heavy atom. The van der Waals surface area contributed by atoms with Crippen LogP contribution in [0.2, 0.25) is 5.02 Å². The van der Waals surface area contributed by atoms with Gasteiger partial charge in [0.05, 0.1) is 17.8 Å². The summed E-state index contributed by atoms with van der Waals surface area (Å²) in [4.78, 5) is 21.5. The molecule has 3 heterocycles. The van der Waals surface area contributed by atoms with E-state index in [1.165, 1.54) is 12.1 Å². The molecule has 1 aromatic carbocycles. The molecule has 0 aliphatic carbocycles. The molecular formula is C22H21ClFN3O2. The van der Waals surface area contributed by atoms with Crippen LogP contribution in [0.4, 0.5) is 15.9 Å². The van der Waals surface area contributed by atoms with E-state index >= 15 is 0 Å². The zero-order valence-corrected chi connectivity index (χ0v) is 16.6. The number of carbonyl (C=O) groups is 1. The summed E-state index contributed by atoms with van der Waals surface area (Å²) in [6.07, 6.45) is 4.60. The second kappa shape index (κ2) is 8.66. The maximum Gasteiger partial charge on any atom is 0.230 e. The largest absolute Gasteiger partial charge is 0.467 e. The maximum absolute atomic E-state index is 13.8. The van der Waals surface area contributed by atoms with Crippen LogP contribution in [0.5, 0.6) is 0 Å². The fourth-order valence-electron chi connectivity index (χ4n) is 3.63. The van der Waals surface area contributed by atoms with Gasteiger partial charge in [-0.05, 0) is 55.3 Å². The Kier molecular flexibility index (Phi) is 5.81. The standard InChI is InChI=1S/C22H21ClFN3O2/c23-17-6-7-21(25-14-17)26-10-8-16(9-11-26)22(28)27(15-20-5-2-12-29-20)19-4-1-3-18(24)13-19/h1-7,12-14,16H,8-11,15H2. The number of furan rings is 1. The number of carbonyl (C=O) groups excluding carboxylic acids is 1. The Hall–Kier alpha value is -2.86. The third-order valence-corrected chi connectivity index (χ3v) is 5.38. The maximum atomic E-state index is 13.8. The van der Waals surface area contributed by atoms with Crippen LogP contribution in [0.25, 0.3) is 0 Å². The summed E-state index contributed by atoms with van der Waals surface area (Å²) in [7, 11) is 0. The van der Waals surface area contributed by atoms with Crippen molar-refractivity contribution in [3.05, 3.63) is 77.6 Å². The van der Waals surface area contributed by atoms with Crippen LogP contribution in [-0.2, 0) is 11.3 Å². The zero-order valence-electron chi connectivity index (χ0n) is 15.8. The summed E-state index contributed by atoms with van der Waals surface area (Å²) in [6.45, 7) is 1.72. The molecule has 0 unspecified atom stereocenters. The minimum Gasteiger partial charge on any atom is -0.467 e. The quantitative estimate of drug-likeness (QED) is 0.596. The molecule has 1 aliphatic heterocycles. The number of benzene rings is 1. The number of aromatic nitrogens is 1. The van der Waals surface area contributed by atoms with E-state index in [1.54, 1.807) is 35.6 Å². The molecule has 4 rings (SSSR count). The highest BCUT2D eigenvalue weighted by atomic mass is 35.5. The Bertz CT molecular complexity index is 954. The van der Waals surface area contributed by atoms with Crippen molar-refractivity contribution in [1.29, 1.82) is 0 Å². The molecule has 1 fully saturated rings. The number of halogens is 2. The van der Waals surface area contributed by atoms with Crippen LogP contribution in [-0.4, -0.2) is 24.0 Å². The highest BCUT2D eigenvalue weighted by molar-refractivity contribution is 6.30. The summed E-state index contributed by atoms with van der Waals surface area (Å²) in [5.74, 6) is 0.985. The van der Waals surface area contributed by atoms with Gasteiger partial charge in [0.1, 0.15) is 17.4 Å². The molecule has 3 aromatic rings. The number of pyridine rings is 1. The molecule has 0 bridgehead atoms. The molecule has 0 N–H and O–H groups in total. The first-order valence-electron chi connectivity index (χ1n) is 9.56. The molecule has 0 saturated carbocycles. The lowest BCUT2D eigenvalue weighted by Gasteiger charge is -2.34. The SMILES string of the molecule is O=C(C1CCN(c2ccc(Cl)cn2)CC1)N(Cc1ccco1)c1cccc(F)c1. The van der Waals surface area contributed by atoms with E-state index < -0.39 is 0 Å². The normalized spacial score (nSPS) is 14.8. The Balaban J connectivity index is 1.48. The molecule has 150 valence electrons. The van der Waals surface area contributed by atoms with Gasteiger partial charge >= 0.3 is 0 Å². The third kappa shape index (κ3) is 4.59. The second-order valence-corrected chi connectivity index (χ2v) is 7.52. The predicted molar refractivity (Wildman–Crippen MR) is 110 cm³/mol. The van der Waals surface area contributed by atoms with Crippen molar-refractivity contribution < 1.29 is 13.6 Å². The van der Waals surface area contributed by atoms with Crippen LogP contribution in [0, 0.1) is 11.7 Å². The molecule has 5 nitrogen and oxygen atoms in total. The lowest BCUT2D eigenvalue weighted by atomic mass is 9.94. The summed E-state index contributed by atoms with van der Waals surface area (Å²) in [5, 5.41) is 0.600. The first kappa shape index (κ1) is 19.5. The van der Waals surface area contributed by atoms with Crippen LogP contribution in [0.3, 0.4) is 0 Å². The van der Waals surface area contributed by atoms with Gasteiger partial charge in [0, 0.05) is 30.9 Å². The molecular weight excluding hydrogens is 393 g/mol. The van der Waals surface area contributed by atoms with Crippen LogP contribution < -0.4 is 9.80 Å². The summed E-state index contributed by atoms with van der Waals surface area (Å²) >= 11 is 5.91. The van der Waals surface area contributed by atoms with Gasteiger partial charge in [-0.3, -0.25) is 4.79 Å². The van der Waals surface area contributed by atoms with Gasteiger partial charge in [-0.15, -0.1) is 0 Å². The number of rotatable bonds is 5. The topological polar surface area (TPSA) is 49.6 Å². The molecule has 0 spiro atoms. The van der Waals surface area contributed by atoms with Crippen molar-refractivity contribution in [1.82, 2.24) is 4.98 Å². The fourth-order valence-corrected chi connectivity index (χ4v) is 3.74. The van der Waals surface area contributed by atoms with Crippen LogP contribution in [0.1, 0.15) is 18.6 Å². The van der Waals surface area contributed by atoms with Crippen molar-refractivity contribution >= 4 is 29.0 Å². The smallest absolute Gasteiger partial charge is 0.230 e. The van der Waals surface area contributed by atoms with Crippen molar-refractivity contribution in [2.75, 3.05) is 22.9 Å². The second-order valence-electron chi connectivity index (χ2n) is 7.08. The Morgan fingerprint density at radius 3 is 2.69 bits per heavy atom. The lowest BCUT2D eigenvalue weighted by Crippen LogP contribution is -2.42. The predicted octanol–water partition coefficient (Wildman–Crippen LogP) is 4.92. The first-order valence-corrected chi connectivity index (χ1v) is 9.94. The average Bonchev–Trinajstić information content (AvgIpc) is 3.26. The molecule has 0 atom stereocenters. The van der Waals surface area contributed by atoms with E-state index in [-0.39, 0.29) is 24.2 Å².